The Hall–Kier alpha value is -2.50. The molecular weight excluding hydrogens is 380 g/mol. The van der Waals surface area contributed by atoms with Crippen LogP contribution >= 0.6 is 11.8 Å². The third-order valence-corrected chi connectivity index (χ3v) is 6.05. The third kappa shape index (κ3) is 5.52. The first-order valence-corrected chi connectivity index (χ1v) is 11.3. The van der Waals surface area contributed by atoms with Gasteiger partial charge in [-0.15, -0.1) is 0 Å². The van der Waals surface area contributed by atoms with Crippen LogP contribution in [-0.2, 0) is 17.8 Å². The molecule has 0 atom stereocenters. The number of rotatable bonds is 7. The zero-order valence-electron chi connectivity index (χ0n) is 16.5. The topological polar surface area (TPSA) is 45.5 Å². The highest BCUT2D eigenvalue weighted by Crippen LogP contribution is 2.23. The van der Waals surface area contributed by atoms with Crippen LogP contribution in [0.25, 0.3) is 11.3 Å². The summed E-state index contributed by atoms with van der Waals surface area (Å²) in [6, 6.07) is 22.0. The molecule has 0 radical (unpaired) electrons. The third-order valence-electron chi connectivity index (χ3n) is 5.11. The Labute approximate surface area is 176 Å². The van der Waals surface area contributed by atoms with Crippen LogP contribution in [-0.4, -0.2) is 35.4 Å². The molecule has 1 N–H and O–H groups in total. The average Bonchev–Trinajstić information content (AvgIpc) is 3.24. The molecule has 1 aliphatic rings. The number of furan rings is 1. The van der Waals surface area contributed by atoms with Crippen LogP contribution in [0, 0.1) is 0 Å². The second-order valence-electron chi connectivity index (χ2n) is 7.23. The molecule has 150 valence electrons. The molecule has 0 unspecified atom stereocenters. The summed E-state index contributed by atoms with van der Waals surface area (Å²) in [5.74, 6) is 4.05. The van der Waals surface area contributed by atoms with Crippen LogP contribution in [0.15, 0.2) is 71.1 Å². The number of nitrogens with zero attached hydrogens (tertiary/aromatic N) is 1. The van der Waals surface area contributed by atoms with Crippen LogP contribution in [0.5, 0.6) is 0 Å². The smallest absolute Gasteiger partial charge is 0.224 e. The molecule has 4 nitrogen and oxygen atoms in total. The molecule has 29 heavy (non-hydrogen) atoms. The number of thioether (sulfide) groups is 1. The van der Waals surface area contributed by atoms with Gasteiger partial charge in [0.15, 0.2) is 0 Å². The Balaban J connectivity index is 1.33. The molecule has 1 amide bonds. The molecular formula is C24H26N2O2S. The van der Waals surface area contributed by atoms with E-state index in [2.05, 4.69) is 16.3 Å². The van der Waals surface area contributed by atoms with Crippen LogP contribution in [0.1, 0.15) is 17.7 Å². The molecule has 0 saturated carbocycles. The summed E-state index contributed by atoms with van der Waals surface area (Å²) < 4.78 is 5.91. The molecule has 0 bridgehead atoms. The first kappa shape index (κ1) is 19.8. The fourth-order valence-electron chi connectivity index (χ4n) is 3.50. The van der Waals surface area contributed by atoms with Crippen LogP contribution < -0.4 is 5.32 Å². The molecule has 0 spiro atoms. The van der Waals surface area contributed by atoms with Crippen molar-refractivity contribution in [1.82, 2.24) is 4.90 Å². The van der Waals surface area contributed by atoms with Crippen molar-refractivity contribution in [2.45, 2.75) is 19.4 Å². The highest BCUT2D eigenvalue weighted by Gasteiger charge is 2.14. The molecule has 3 aromatic rings. The van der Waals surface area contributed by atoms with Crippen molar-refractivity contribution < 1.29 is 9.21 Å². The zero-order chi connectivity index (χ0) is 19.9. The number of aryl methyl sites for hydroxylation is 1. The van der Waals surface area contributed by atoms with E-state index in [1.807, 2.05) is 72.4 Å². The van der Waals surface area contributed by atoms with E-state index < -0.39 is 0 Å². The summed E-state index contributed by atoms with van der Waals surface area (Å²) >= 11 is 2.01. The quantitative estimate of drug-likeness (QED) is 0.595. The maximum atomic E-state index is 12.5. The number of anilines is 1. The van der Waals surface area contributed by atoms with E-state index in [0.29, 0.717) is 12.8 Å². The van der Waals surface area contributed by atoms with Crippen molar-refractivity contribution in [1.29, 1.82) is 0 Å². The van der Waals surface area contributed by atoms with Gasteiger partial charge in [0.1, 0.15) is 11.5 Å². The molecule has 0 aliphatic carbocycles. The second kappa shape index (κ2) is 9.81. The van der Waals surface area contributed by atoms with Gasteiger partial charge in [-0.2, -0.15) is 11.8 Å². The molecule has 1 aromatic heterocycles. The van der Waals surface area contributed by atoms with Gasteiger partial charge >= 0.3 is 0 Å². The first-order chi connectivity index (χ1) is 14.3. The highest BCUT2D eigenvalue weighted by atomic mass is 32.2. The average molecular weight is 407 g/mol. The minimum Gasteiger partial charge on any atom is -0.461 e. The molecule has 1 aliphatic heterocycles. The maximum Gasteiger partial charge on any atom is 0.224 e. The lowest BCUT2D eigenvalue weighted by atomic mass is 10.1. The lowest BCUT2D eigenvalue weighted by Crippen LogP contribution is -2.32. The van der Waals surface area contributed by atoms with Crippen LogP contribution in [0.2, 0.25) is 0 Å². The van der Waals surface area contributed by atoms with Gasteiger partial charge in [0.25, 0.3) is 0 Å². The summed E-state index contributed by atoms with van der Waals surface area (Å²) in [4.78, 5) is 15.0. The lowest BCUT2D eigenvalue weighted by Gasteiger charge is -2.27. The van der Waals surface area contributed by atoms with Gasteiger partial charge in [0, 0.05) is 55.2 Å². The number of para-hydroxylation sites is 1. The number of hydrogen-bond acceptors (Lipinski definition) is 4. The minimum atomic E-state index is 0.0179. The van der Waals surface area contributed by atoms with Crippen LogP contribution in [0.4, 0.5) is 5.69 Å². The van der Waals surface area contributed by atoms with E-state index in [1.54, 1.807) is 0 Å². The predicted molar refractivity (Wildman–Crippen MR) is 120 cm³/mol. The molecule has 2 heterocycles. The SMILES string of the molecule is O=C(CCc1ccc(-c2ccccc2)o1)Nc1ccccc1CN1CCSCC1. The Morgan fingerprint density at radius 1 is 0.966 bits per heavy atom. The number of hydrogen-bond donors (Lipinski definition) is 1. The summed E-state index contributed by atoms with van der Waals surface area (Å²) in [6.45, 7) is 3.10. The number of benzene rings is 2. The van der Waals surface area contributed by atoms with Crippen molar-refractivity contribution in [2.75, 3.05) is 29.9 Å². The molecule has 4 rings (SSSR count). The Morgan fingerprint density at radius 3 is 2.55 bits per heavy atom. The first-order valence-electron chi connectivity index (χ1n) is 10.1. The molecule has 1 fully saturated rings. The standard InChI is InChI=1S/C24H26N2O2S/c27-24(13-11-21-10-12-23(28-21)19-6-2-1-3-7-19)25-22-9-5-4-8-20(22)18-26-14-16-29-17-15-26/h1-10,12H,11,13-18H2,(H,25,27). The minimum absolute atomic E-state index is 0.0179. The summed E-state index contributed by atoms with van der Waals surface area (Å²) in [7, 11) is 0. The largest absolute Gasteiger partial charge is 0.461 e. The van der Waals surface area contributed by atoms with Gasteiger partial charge in [0.05, 0.1) is 0 Å². The molecule has 2 aromatic carbocycles. The van der Waals surface area contributed by atoms with Gasteiger partial charge in [-0.25, -0.2) is 0 Å². The molecule has 5 heteroatoms. The number of carbonyl (C=O) groups excluding carboxylic acids is 1. The number of carbonyl (C=O) groups is 1. The fourth-order valence-corrected chi connectivity index (χ4v) is 4.48. The van der Waals surface area contributed by atoms with E-state index >= 15 is 0 Å². The zero-order valence-corrected chi connectivity index (χ0v) is 17.3. The summed E-state index contributed by atoms with van der Waals surface area (Å²) in [5.41, 5.74) is 3.14. The van der Waals surface area contributed by atoms with E-state index in [-0.39, 0.29) is 5.91 Å². The van der Waals surface area contributed by atoms with Gasteiger partial charge in [-0.05, 0) is 23.8 Å². The second-order valence-corrected chi connectivity index (χ2v) is 8.45. The van der Waals surface area contributed by atoms with E-state index in [4.69, 9.17) is 4.42 Å². The van der Waals surface area contributed by atoms with E-state index in [0.717, 1.165) is 42.4 Å². The van der Waals surface area contributed by atoms with Crippen molar-refractivity contribution in [2.24, 2.45) is 0 Å². The maximum absolute atomic E-state index is 12.5. The van der Waals surface area contributed by atoms with E-state index in [9.17, 15) is 4.79 Å². The highest BCUT2D eigenvalue weighted by molar-refractivity contribution is 7.99. The van der Waals surface area contributed by atoms with Gasteiger partial charge < -0.3 is 9.73 Å². The van der Waals surface area contributed by atoms with Crippen LogP contribution in [0.3, 0.4) is 0 Å². The predicted octanol–water partition coefficient (Wildman–Crippen LogP) is 5.07. The lowest BCUT2D eigenvalue weighted by molar-refractivity contribution is -0.116. The van der Waals surface area contributed by atoms with Crippen molar-refractivity contribution >= 4 is 23.4 Å². The van der Waals surface area contributed by atoms with Gasteiger partial charge in [0.2, 0.25) is 5.91 Å². The van der Waals surface area contributed by atoms with Gasteiger partial charge in [-0.3, -0.25) is 9.69 Å². The number of nitrogens with one attached hydrogen (secondary N) is 1. The van der Waals surface area contributed by atoms with Crippen molar-refractivity contribution in [3.63, 3.8) is 0 Å². The summed E-state index contributed by atoms with van der Waals surface area (Å²) in [6.07, 6.45) is 0.987. The molecule has 1 saturated heterocycles. The van der Waals surface area contributed by atoms with Gasteiger partial charge in [-0.1, -0.05) is 48.5 Å². The van der Waals surface area contributed by atoms with Crippen molar-refractivity contribution in [3.05, 3.63) is 78.1 Å². The normalized spacial score (nSPS) is 14.6. The van der Waals surface area contributed by atoms with E-state index in [1.165, 1.54) is 17.1 Å². The summed E-state index contributed by atoms with van der Waals surface area (Å²) in [5, 5.41) is 3.10. The van der Waals surface area contributed by atoms with Crippen molar-refractivity contribution in [3.8, 4) is 11.3 Å². The Kier molecular flexibility index (Phi) is 6.70. The number of amides is 1. The Morgan fingerprint density at radius 2 is 1.72 bits per heavy atom. The Bertz CT molecular complexity index is 933. The fraction of sp³-hybridized carbons (Fsp3) is 0.292. The monoisotopic (exact) mass is 406 g/mol.